The van der Waals surface area contributed by atoms with Gasteiger partial charge in [0.15, 0.2) is 0 Å². The fourth-order valence-corrected chi connectivity index (χ4v) is 5.74. The summed E-state index contributed by atoms with van der Waals surface area (Å²) in [5, 5.41) is 5.15. The van der Waals surface area contributed by atoms with Gasteiger partial charge in [-0.3, -0.25) is 4.55 Å². The van der Waals surface area contributed by atoms with Crippen molar-refractivity contribution in [2.45, 2.75) is 44.4 Å². The van der Waals surface area contributed by atoms with Gasteiger partial charge in [-0.25, -0.2) is 0 Å². The smallest absolute Gasteiger partial charge is 0.295 e. The molecule has 0 saturated carbocycles. The van der Waals surface area contributed by atoms with Crippen LogP contribution in [0.3, 0.4) is 0 Å². The molecule has 1 aliphatic rings. The molecule has 5 rings (SSSR count). The Kier molecular flexibility index (Phi) is 6.63. The van der Waals surface area contributed by atoms with Crippen LogP contribution in [0.1, 0.15) is 61.8 Å². The van der Waals surface area contributed by atoms with Gasteiger partial charge in [0.25, 0.3) is 10.1 Å². The van der Waals surface area contributed by atoms with E-state index in [1.54, 1.807) is 18.2 Å². The quantitative estimate of drug-likeness (QED) is 0.242. The largest absolute Gasteiger partial charge is 0.456 e. The van der Waals surface area contributed by atoms with Crippen LogP contribution in [0.4, 0.5) is 11.4 Å². The second-order valence-corrected chi connectivity index (χ2v) is 11.6. The van der Waals surface area contributed by atoms with Crippen LogP contribution in [0, 0.1) is 0 Å². The minimum atomic E-state index is -4.46. The lowest BCUT2D eigenvalue weighted by molar-refractivity contribution is 0.471. The zero-order valence-electron chi connectivity index (χ0n) is 21.9. The van der Waals surface area contributed by atoms with Crippen molar-refractivity contribution in [1.29, 1.82) is 0 Å². The van der Waals surface area contributed by atoms with Crippen LogP contribution < -0.4 is 20.5 Å². The van der Waals surface area contributed by atoms with E-state index in [0.717, 1.165) is 27.4 Å². The van der Waals surface area contributed by atoms with Crippen molar-refractivity contribution in [3.05, 3.63) is 112 Å². The number of anilines is 2. The second kappa shape index (κ2) is 9.78. The maximum absolute atomic E-state index is 12.3. The predicted molar refractivity (Wildman–Crippen MR) is 154 cm³/mol. The first-order chi connectivity index (χ1) is 18.0. The zero-order chi connectivity index (χ0) is 27.2. The lowest BCUT2D eigenvalue weighted by Gasteiger charge is -2.24. The molecule has 0 unspecified atom stereocenters. The van der Waals surface area contributed by atoms with Crippen molar-refractivity contribution in [3.63, 3.8) is 0 Å². The van der Waals surface area contributed by atoms with E-state index in [1.807, 2.05) is 36.4 Å². The zero-order valence-corrected chi connectivity index (χ0v) is 22.8. The Labute approximate surface area is 223 Å². The summed E-state index contributed by atoms with van der Waals surface area (Å²) >= 11 is 0. The topological polar surface area (TPSA) is 75.6 Å². The van der Waals surface area contributed by atoms with Gasteiger partial charge in [-0.1, -0.05) is 82.8 Å². The molecule has 0 fully saturated rings. The molecule has 0 amide bonds. The lowest BCUT2D eigenvalue weighted by atomic mass is 9.91. The molecule has 0 aliphatic carbocycles. The predicted octanol–water partition coefficient (Wildman–Crippen LogP) is 6.69. The molecule has 0 radical (unpaired) electrons. The first kappa shape index (κ1) is 25.8. The van der Waals surface area contributed by atoms with Crippen molar-refractivity contribution in [2.75, 3.05) is 5.32 Å². The van der Waals surface area contributed by atoms with Crippen molar-refractivity contribution >= 4 is 33.6 Å². The average Bonchev–Trinajstić information content (AvgIpc) is 2.86. The Balaban J connectivity index is 1.71. The summed E-state index contributed by atoms with van der Waals surface area (Å²) in [5.41, 5.74) is 6.23. The molecule has 0 atom stereocenters. The molecule has 0 bridgehead atoms. The minimum Gasteiger partial charge on any atom is -0.456 e. The van der Waals surface area contributed by atoms with E-state index >= 15 is 0 Å². The maximum Gasteiger partial charge on any atom is 0.295 e. The van der Waals surface area contributed by atoms with E-state index in [0.29, 0.717) is 34.5 Å². The Bertz CT molecular complexity index is 1750. The summed E-state index contributed by atoms with van der Waals surface area (Å²) in [5.74, 6) is 1.84. The summed E-state index contributed by atoms with van der Waals surface area (Å²) < 4.78 is 40.9. The first-order valence-electron chi connectivity index (χ1n) is 12.7. The Morgan fingerprint density at radius 3 is 2.13 bits per heavy atom. The van der Waals surface area contributed by atoms with Crippen LogP contribution in [0.5, 0.6) is 11.5 Å². The van der Waals surface area contributed by atoms with Crippen molar-refractivity contribution in [1.82, 2.24) is 0 Å². The van der Waals surface area contributed by atoms with Crippen molar-refractivity contribution in [2.24, 2.45) is 0 Å². The second-order valence-electron chi connectivity index (χ2n) is 10.2. The van der Waals surface area contributed by atoms with Crippen LogP contribution in [0.15, 0.2) is 83.8 Å². The number of nitrogens with one attached hydrogen (secondary N) is 1. The number of fused-ring (bicyclic) bond motifs is 2. The van der Waals surface area contributed by atoms with Gasteiger partial charge in [0, 0.05) is 39.4 Å². The molecule has 6 heteroatoms. The highest BCUT2D eigenvalue weighted by Crippen LogP contribution is 2.41. The first-order valence-corrected chi connectivity index (χ1v) is 14.1. The molecule has 0 saturated heterocycles. The van der Waals surface area contributed by atoms with Gasteiger partial charge in [-0.15, -0.1) is 0 Å². The van der Waals surface area contributed by atoms with Gasteiger partial charge < -0.3 is 10.1 Å². The average molecular weight is 526 g/mol. The normalized spacial score (nSPS) is 12.8. The fourth-order valence-electron chi connectivity index (χ4n) is 5.04. The Morgan fingerprint density at radius 1 is 0.789 bits per heavy atom. The van der Waals surface area contributed by atoms with Crippen LogP contribution in [0.25, 0.3) is 12.2 Å². The number of para-hydroxylation sites is 1. The summed E-state index contributed by atoms with van der Waals surface area (Å²) in [6.07, 6.45) is 0. The van der Waals surface area contributed by atoms with Crippen LogP contribution >= 0.6 is 0 Å². The minimum absolute atomic E-state index is 0.151. The molecule has 1 aliphatic heterocycles. The van der Waals surface area contributed by atoms with Gasteiger partial charge >= 0.3 is 0 Å². The van der Waals surface area contributed by atoms with E-state index in [1.165, 1.54) is 17.2 Å². The molecule has 2 N–H and O–H groups in total. The molecule has 0 spiro atoms. The third-order valence-electron chi connectivity index (χ3n) is 6.86. The molecule has 194 valence electrons. The van der Waals surface area contributed by atoms with Crippen LogP contribution in [-0.2, 0) is 10.1 Å². The molecule has 4 aromatic carbocycles. The molecular formula is C32H31NO4S. The molecule has 0 aromatic heterocycles. The van der Waals surface area contributed by atoms with E-state index in [9.17, 15) is 13.0 Å². The monoisotopic (exact) mass is 525 g/mol. The van der Waals surface area contributed by atoms with E-state index in [4.69, 9.17) is 4.74 Å². The van der Waals surface area contributed by atoms with E-state index in [-0.39, 0.29) is 4.90 Å². The number of hydrogen-bond donors (Lipinski definition) is 2. The SMILES string of the molecule is C=c1ccc2c(c1)Oc1cc(Nc3c(C(C)C)cccc3C(C)C)ccc1C=2c1ccccc1S(=O)(=O)O. The number of rotatable bonds is 6. The molecular weight excluding hydrogens is 494 g/mol. The van der Waals surface area contributed by atoms with Gasteiger partial charge in [-0.05, 0) is 52.4 Å². The van der Waals surface area contributed by atoms with Crippen molar-refractivity contribution < 1.29 is 17.7 Å². The summed E-state index contributed by atoms with van der Waals surface area (Å²) in [7, 11) is -4.46. The maximum atomic E-state index is 12.3. The third kappa shape index (κ3) is 4.73. The van der Waals surface area contributed by atoms with E-state index in [2.05, 4.69) is 57.8 Å². The molecule has 38 heavy (non-hydrogen) atoms. The van der Waals surface area contributed by atoms with Gasteiger partial charge in [0.05, 0.1) is 0 Å². The van der Waals surface area contributed by atoms with Gasteiger partial charge in [-0.2, -0.15) is 8.42 Å². The summed E-state index contributed by atoms with van der Waals surface area (Å²) in [6.45, 7) is 12.8. The lowest BCUT2D eigenvalue weighted by Crippen LogP contribution is -2.20. The highest BCUT2D eigenvalue weighted by atomic mass is 32.2. The fraction of sp³-hybridized carbons (Fsp3) is 0.188. The van der Waals surface area contributed by atoms with Crippen LogP contribution in [0.2, 0.25) is 0 Å². The molecule has 4 aromatic rings. The molecule has 1 heterocycles. The number of benzene rings is 4. The highest BCUT2D eigenvalue weighted by Gasteiger charge is 2.26. The Morgan fingerprint density at radius 2 is 1.47 bits per heavy atom. The summed E-state index contributed by atoms with van der Waals surface area (Å²) in [4.78, 5) is -0.151. The van der Waals surface area contributed by atoms with E-state index < -0.39 is 10.1 Å². The standard InChI is InChI=1S/C32H31NO4S/c1-19(2)23-10-8-11-24(20(3)4)32(23)33-22-14-16-26-29(18-22)37-28-17-21(5)13-15-25(28)31(26)27-9-6-7-12-30(27)38(34,35)36/h6-20,33H,5H2,1-4H3,(H,34,35,36). The number of ether oxygens (including phenoxy) is 1. The number of hydrogen-bond acceptors (Lipinski definition) is 4. The molecule has 5 nitrogen and oxygen atoms in total. The Hall–Kier alpha value is -3.87. The van der Waals surface area contributed by atoms with Crippen molar-refractivity contribution in [3.8, 4) is 11.5 Å². The van der Waals surface area contributed by atoms with Crippen LogP contribution in [-0.4, -0.2) is 13.0 Å². The van der Waals surface area contributed by atoms with Gasteiger partial charge in [0.1, 0.15) is 16.4 Å². The summed E-state index contributed by atoms with van der Waals surface area (Å²) in [6, 6.07) is 24.3. The highest BCUT2D eigenvalue weighted by molar-refractivity contribution is 7.86. The third-order valence-corrected chi connectivity index (χ3v) is 7.77. The van der Waals surface area contributed by atoms with Gasteiger partial charge in [0.2, 0.25) is 0 Å².